The molecule has 2 aromatic rings. The van der Waals surface area contributed by atoms with Crippen molar-refractivity contribution in [1.29, 1.82) is 0 Å². The van der Waals surface area contributed by atoms with E-state index in [0.717, 1.165) is 29.3 Å². The standard InChI is InChI=1S/C17H26N4/c1-2-4-6-8-14(9-7-5-3-1)12-19-17-15-10-11-18-16(15)20-13-21-17/h10-11,13-14H,1-9,12H2,(H2,18,19,20,21). The minimum absolute atomic E-state index is 0.784. The molecule has 0 unspecified atom stereocenters. The lowest BCUT2D eigenvalue weighted by molar-refractivity contribution is 0.403. The molecule has 3 rings (SSSR count). The lowest BCUT2D eigenvalue weighted by Gasteiger charge is -2.19. The Labute approximate surface area is 126 Å². The molecule has 1 aliphatic rings. The summed E-state index contributed by atoms with van der Waals surface area (Å²) in [6.07, 6.45) is 16.1. The summed E-state index contributed by atoms with van der Waals surface area (Å²) >= 11 is 0. The van der Waals surface area contributed by atoms with Crippen LogP contribution in [0.3, 0.4) is 0 Å². The first-order chi connectivity index (χ1) is 10.4. The van der Waals surface area contributed by atoms with E-state index >= 15 is 0 Å². The van der Waals surface area contributed by atoms with E-state index in [0.29, 0.717) is 0 Å². The van der Waals surface area contributed by atoms with Gasteiger partial charge in [-0.05, 0) is 24.8 Å². The molecule has 1 saturated carbocycles. The molecule has 0 saturated heterocycles. The van der Waals surface area contributed by atoms with E-state index in [-0.39, 0.29) is 0 Å². The van der Waals surface area contributed by atoms with Gasteiger partial charge in [0.15, 0.2) is 0 Å². The van der Waals surface area contributed by atoms with E-state index in [9.17, 15) is 0 Å². The van der Waals surface area contributed by atoms with Crippen molar-refractivity contribution in [2.45, 2.75) is 57.8 Å². The Bertz CT molecular complexity index is 538. The summed E-state index contributed by atoms with van der Waals surface area (Å²) in [6, 6.07) is 2.05. The summed E-state index contributed by atoms with van der Waals surface area (Å²) in [7, 11) is 0. The van der Waals surface area contributed by atoms with E-state index in [1.165, 1.54) is 57.8 Å². The molecule has 114 valence electrons. The van der Waals surface area contributed by atoms with Crippen molar-refractivity contribution in [3.05, 3.63) is 18.6 Å². The molecule has 0 amide bonds. The molecule has 0 atom stereocenters. The number of aromatic nitrogens is 3. The van der Waals surface area contributed by atoms with Crippen LogP contribution in [-0.2, 0) is 0 Å². The molecular weight excluding hydrogens is 260 g/mol. The van der Waals surface area contributed by atoms with Gasteiger partial charge in [-0.1, -0.05) is 44.9 Å². The van der Waals surface area contributed by atoms with Gasteiger partial charge in [-0.3, -0.25) is 0 Å². The van der Waals surface area contributed by atoms with Crippen LogP contribution < -0.4 is 5.32 Å². The van der Waals surface area contributed by atoms with Crippen molar-refractivity contribution in [2.24, 2.45) is 5.92 Å². The number of hydrogen-bond donors (Lipinski definition) is 2. The van der Waals surface area contributed by atoms with Crippen LogP contribution in [0, 0.1) is 5.92 Å². The third kappa shape index (κ3) is 3.96. The van der Waals surface area contributed by atoms with E-state index in [2.05, 4.69) is 20.3 Å². The zero-order chi connectivity index (χ0) is 14.3. The second-order valence-electron chi connectivity index (χ2n) is 6.26. The van der Waals surface area contributed by atoms with Gasteiger partial charge in [-0.25, -0.2) is 9.97 Å². The molecule has 2 aromatic heterocycles. The van der Waals surface area contributed by atoms with Crippen LogP contribution in [0.15, 0.2) is 18.6 Å². The van der Waals surface area contributed by atoms with E-state index in [1.54, 1.807) is 6.33 Å². The number of anilines is 1. The van der Waals surface area contributed by atoms with Crippen LogP contribution in [0.5, 0.6) is 0 Å². The van der Waals surface area contributed by atoms with Gasteiger partial charge in [0.1, 0.15) is 17.8 Å². The average Bonchev–Trinajstić information content (AvgIpc) is 3.00. The predicted octanol–water partition coefficient (Wildman–Crippen LogP) is 4.51. The normalized spacial score (nSPS) is 18.7. The Kier molecular flexibility index (Phi) is 5.08. The molecule has 0 aliphatic heterocycles. The maximum absolute atomic E-state index is 4.40. The van der Waals surface area contributed by atoms with Gasteiger partial charge >= 0.3 is 0 Å². The van der Waals surface area contributed by atoms with Crippen molar-refractivity contribution in [3.8, 4) is 0 Å². The van der Waals surface area contributed by atoms with Crippen LogP contribution in [0.2, 0.25) is 0 Å². The van der Waals surface area contributed by atoms with Crippen LogP contribution >= 0.6 is 0 Å². The Morgan fingerprint density at radius 1 is 1.00 bits per heavy atom. The summed E-state index contributed by atoms with van der Waals surface area (Å²) in [5, 5.41) is 4.65. The van der Waals surface area contributed by atoms with Gasteiger partial charge in [0.05, 0.1) is 5.39 Å². The first kappa shape index (κ1) is 14.4. The zero-order valence-electron chi connectivity index (χ0n) is 12.8. The van der Waals surface area contributed by atoms with Crippen molar-refractivity contribution < 1.29 is 0 Å². The third-order valence-electron chi connectivity index (χ3n) is 4.64. The summed E-state index contributed by atoms with van der Waals surface area (Å²) in [5.74, 6) is 1.76. The number of nitrogens with zero attached hydrogens (tertiary/aromatic N) is 2. The largest absolute Gasteiger partial charge is 0.369 e. The fourth-order valence-corrected chi connectivity index (χ4v) is 3.35. The number of aromatic amines is 1. The van der Waals surface area contributed by atoms with Gasteiger partial charge in [0.2, 0.25) is 0 Å². The molecule has 21 heavy (non-hydrogen) atoms. The van der Waals surface area contributed by atoms with Crippen LogP contribution in [0.4, 0.5) is 5.82 Å². The number of fused-ring (bicyclic) bond motifs is 1. The van der Waals surface area contributed by atoms with Crippen molar-refractivity contribution in [3.63, 3.8) is 0 Å². The first-order valence-corrected chi connectivity index (χ1v) is 8.45. The molecule has 4 heteroatoms. The van der Waals surface area contributed by atoms with Crippen LogP contribution in [0.1, 0.15) is 57.8 Å². The Balaban J connectivity index is 1.58. The molecule has 0 bridgehead atoms. The van der Waals surface area contributed by atoms with Crippen molar-refractivity contribution >= 4 is 16.9 Å². The number of hydrogen-bond acceptors (Lipinski definition) is 3. The van der Waals surface area contributed by atoms with Crippen LogP contribution in [0.25, 0.3) is 11.0 Å². The highest BCUT2D eigenvalue weighted by atomic mass is 15.0. The van der Waals surface area contributed by atoms with Gasteiger partial charge < -0.3 is 10.3 Å². The SMILES string of the molecule is c1nc(NCC2CCCCCCCCC2)c2cc[nH]c2n1. The molecule has 1 fully saturated rings. The van der Waals surface area contributed by atoms with Gasteiger partial charge in [-0.2, -0.15) is 0 Å². The number of H-pyrrole nitrogens is 1. The van der Waals surface area contributed by atoms with E-state index in [1.807, 2.05) is 12.3 Å². The smallest absolute Gasteiger partial charge is 0.142 e. The summed E-state index contributed by atoms with van der Waals surface area (Å²) < 4.78 is 0. The van der Waals surface area contributed by atoms with Crippen molar-refractivity contribution in [2.75, 3.05) is 11.9 Å². The maximum Gasteiger partial charge on any atom is 0.142 e. The first-order valence-electron chi connectivity index (χ1n) is 8.45. The Hall–Kier alpha value is -1.58. The van der Waals surface area contributed by atoms with Gasteiger partial charge in [-0.15, -0.1) is 0 Å². The number of nitrogens with one attached hydrogen (secondary N) is 2. The molecule has 2 N–H and O–H groups in total. The second kappa shape index (κ2) is 7.43. The molecule has 2 heterocycles. The summed E-state index contributed by atoms with van der Waals surface area (Å²) in [6.45, 7) is 1.04. The fourth-order valence-electron chi connectivity index (χ4n) is 3.35. The predicted molar refractivity (Wildman–Crippen MR) is 87.4 cm³/mol. The quantitative estimate of drug-likeness (QED) is 0.872. The average molecular weight is 286 g/mol. The monoisotopic (exact) mass is 286 g/mol. The Morgan fingerprint density at radius 2 is 1.71 bits per heavy atom. The molecule has 4 nitrogen and oxygen atoms in total. The lowest BCUT2D eigenvalue weighted by atomic mass is 9.92. The summed E-state index contributed by atoms with van der Waals surface area (Å²) in [4.78, 5) is 11.8. The highest BCUT2D eigenvalue weighted by molar-refractivity contribution is 5.86. The Morgan fingerprint density at radius 3 is 2.48 bits per heavy atom. The highest BCUT2D eigenvalue weighted by Crippen LogP contribution is 2.23. The zero-order valence-corrected chi connectivity index (χ0v) is 12.8. The molecule has 1 aliphatic carbocycles. The molecule has 0 aromatic carbocycles. The second-order valence-corrected chi connectivity index (χ2v) is 6.26. The van der Waals surface area contributed by atoms with Gasteiger partial charge in [0, 0.05) is 12.7 Å². The molecule has 0 radical (unpaired) electrons. The van der Waals surface area contributed by atoms with E-state index in [4.69, 9.17) is 0 Å². The number of rotatable bonds is 3. The minimum atomic E-state index is 0.784. The lowest BCUT2D eigenvalue weighted by Crippen LogP contribution is -2.16. The highest BCUT2D eigenvalue weighted by Gasteiger charge is 2.11. The third-order valence-corrected chi connectivity index (χ3v) is 4.64. The van der Waals surface area contributed by atoms with Crippen LogP contribution in [-0.4, -0.2) is 21.5 Å². The molecular formula is C17H26N4. The summed E-state index contributed by atoms with van der Waals surface area (Å²) in [5.41, 5.74) is 0.915. The maximum atomic E-state index is 4.40. The topological polar surface area (TPSA) is 53.6 Å². The minimum Gasteiger partial charge on any atom is -0.369 e. The van der Waals surface area contributed by atoms with Gasteiger partial charge in [0.25, 0.3) is 0 Å². The fraction of sp³-hybridized carbons (Fsp3) is 0.647. The van der Waals surface area contributed by atoms with E-state index < -0.39 is 0 Å². The molecule has 0 spiro atoms. The van der Waals surface area contributed by atoms with Crippen molar-refractivity contribution in [1.82, 2.24) is 15.0 Å².